The van der Waals surface area contributed by atoms with Crippen LogP contribution in [0.25, 0.3) is 0 Å². The van der Waals surface area contributed by atoms with Crippen LogP contribution in [0.1, 0.15) is 11.1 Å². The molecule has 2 aromatic rings. The zero-order chi connectivity index (χ0) is 17.8. The minimum absolute atomic E-state index is 0.00109. The van der Waals surface area contributed by atoms with Gasteiger partial charge in [-0.1, -0.05) is 30.3 Å². The minimum atomic E-state index is -0.403. The van der Waals surface area contributed by atoms with Crippen molar-refractivity contribution in [3.8, 4) is 11.5 Å². The Kier molecular flexibility index (Phi) is 5.03. The molecule has 5 heteroatoms. The molecule has 1 fully saturated rings. The van der Waals surface area contributed by atoms with E-state index in [4.69, 9.17) is 9.47 Å². The quantitative estimate of drug-likeness (QED) is 0.574. The summed E-state index contributed by atoms with van der Waals surface area (Å²) in [6, 6.07) is 14.8. The topological polar surface area (TPSA) is 55.8 Å². The number of amides is 1. The van der Waals surface area contributed by atoms with Crippen molar-refractivity contribution in [1.29, 1.82) is 0 Å². The minimum Gasteiger partial charge on any atom is -0.497 e. The Hall–Kier alpha value is -2.82. The molecule has 1 heterocycles. The molecule has 130 valence electrons. The van der Waals surface area contributed by atoms with Crippen molar-refractivity contribution in [1.82, 2.24) is 4.90 Å². The second-order valence-electron chi connectivity index (χ2n) is 6.07. The lowest BCUT2D eigenvalue weighted by atomic mass is 9.82. The number of nitrogens with zero attached hydrogens (tertiary/aromatic N) is 1. The number of ether oxygens (including phenoxy) is 2. The first-order valence-corrected chi connectivity index (χ1v) is 8.18. The molecule has 0 saturated carbocycles. The summed E-state index contributed by atoms with van der Waals surface area (Å²) in [6.45, 7) is 0.348. The molecule has 25 heavy (non-hydrogen) atoms. The van der Waals surface area contributed by atoms with Crippen molar-refractivity contribution >= 4 is 12.2 Å². The van der Waals surface area contributed by atoms with E-state index in [0.29, 0.717) is 24.5 Å². The molecule has 0 aromatic heterocycles. The van der Waals surface area contributed by atoms with Crippen molar-refractivity contribution in [2.24, 2.45) is 5.92 Å². The van der Waals surface area contributed by atoms with E-state index in [1.165, 1.54) is 0 Å². The Morgan fingerprint density at radius 3 is 2.48 bits per heavy atom. The highest BCUT2D eigenvalue weighted by atomic mass is 16.5. The van der Waals surface area contributed by atoms with E-state index in [2.05, 4.69) is 0 Å². The predicted octanol–water partition coefficient (Wildman–Crippen LogP) is 2.47. The van der Waals surface area contributed by atoms with Crippen molar-refractivity contribution < 1.29 is 19.1 Å². The summed E-state index contributed by atoms with van der Waals surface area (Å²) in [5.41, 5.74) is 1.91. The molecule has 3 rings (SSSR count). The van der Waals surface area contributed by atoms with E-state index in [1.807, 2.05) is 42.5 Å². The molecule has 5 nitrogen and oxygen atoms in total. The van der Waals surface area contributed by atoms with Crippen LogP contribution in [0, 0.1) is 5.92 Å². The van der Waals surface area contributed by atoms with E-state index in [1.54, 1.807) is 25.2 Å². The molecule has 2 aromatic carbocycles. The number of β-lactam (4-membered cyclic amide) rings is 1. The number of hydrogen-bond donors (Lipinski definition) is 0. The number of benzene rings is 2. The van der Waals surface area contributed by atoms with Crippen LogP contribution in [-0.4, -0.2) is 37.4 Å². The predicted molar refractivity (Wildman–Crippen MR) is 93.6 cm³/mol. The summed E-state index contributed by atoms with van der Waals surface area (Å²) in [5.74, 6) is 1.04. The third-order valence-corrected chi connectivity index (χ3v) is 4.65. The lowest BCUT2D eigenvalue weighted by Gasteiger charge is -2.44. The first-order valence-electron chi connectivity index (χ1n) is 8.18. The fraction of sp³-hybridized carbons (Fsp3) is 0.300. The van der Waals surface area contributed by atoms with Crippen molar-refractivity contribution in [2.75, 3.05) is 14.2 Å². The maximum Gasteiger partial charge on any atom is 0.229 e. The standard InChI is InChI=1S/C20H21NO4/c1-24-16-9-8-15(19(11-16)25-2)12-21-18(13-22)17(20(21)23)10-14-6-4-3-5-7-14/h3-9,11,13,17-18H,10,12H2,1-2H3/t17?,18-/m1/s1. The molecule has 1 aliphatic heterocycles. The van der Waals surface area contributed by atoms with Gasteiger partial charge in [0.1, 0.15) is 17.8 Å². The highest BCUT2D eigenvalue weighted by molar-refractivity contribution is 5.93. The summed E-state index contributed by atoms with van der Waals surface area (Å²) < 4.78 is 10.6. The Labute approximate surface area is 147 Å². The van der Waals surface area contributed by atoms with Crippen LogP contribution < -0.4 is 9.47 Å². The van der Waals surface area contributed by atoms with Crippen LogP contribution in [0.3, 0.4) is 0 Å². The molecule has 0 spiro atoms. The smallest absolute Gasteiger partial charge is 0.229 e. The van der Waals surface area contributed by atoms with E-state index < -0.39 is 6.04 Å². The highest BCUT2D eigenvalue weighted by Crippen LogP contribution is 2.33. The largest absolute Gasteiger partial charge is 0.497 e. The Morgan fingerprint density at radius 2 is 1.84 bits per heavy atom. The maximum atomic E-state index is 12.6. The average Bonchev–Trinajstić information content (AvgIpc) is 2.67. The molecule has 0 N–H and O–H groups in total. The summed E-state index contributed by atoms with van der Waals surface area (Å²) in [6.07, 6.45) is 1.45. The molecule has 1 saturated heterocycles. The second-order valence-corrected chi connectivity index (χ2v) is 6.07. The van der Waals surface area contributed by atoms with E-state index in [-0.39, 0.29) is 11.8 Å². The Morgan fingerprint density at radius 1 is 1.08 bits per heavy atom. The van der Waals surface area contributed by atoms with Gasteiger partial charge in [0, 0.05) is 11.6 Å². The maximum absolute atomic E-state index is 12.6. The van der Waals surface area contributed by atoms with Crippen LogP contribution >= 0.6 is 0 Å². The molecule has 1 amide bonds. The molecular formula is C20H21NO4. The van der Waals surface area contributed by atoms with Gasteiger partial charge in [-0.05, 0) is 24.1 Å². The van der Waals surface area contributed by atoms with Crippen LogP contribution in [0.2, 0.25) is 0 Å². The monoisotopic (exact) mass is 339 g/mol. The molecule has 0 radical (unpaired) electrons. The van der Waals surface area contributed by atoms with Crippen LogP contribution in [0.15, 0.2) is 48.5 Å². The van der Waals surface area contributed by atoms with Gasteiger partial charge < -0.3 is 19.2 Å². The normalized spacial score (nSPS) is 19.3. The van der Waals surface area contributed by atoms with Gasteiger partial charge in [0.25, 0.3) is 0 Å². The summed E-state index contributed by atoms with van der Waals surface area (Å²) in [7, 11) is 3.16. The second kappa shape index (κ2) is 7.38. The van der Waals surface area contributed by atoms with Gasteiger partial charge in [-0.2, -0.15) is 0 Å². The van der Waals surface area contributed by atoms with Gasteiger partial charge in [0.15, 0.2) is 0 Å². The van der Waals surface area contributed by atoms with Gasteiger partial charge in [0.2, 0.25) is 5.91 Å². The molecule has 1 aliphatic rings. The SMILES string of the molecule is COc1ccc(CN2C(=O)C(Cc3ccccc3)[C@H]2C=O)c(OC)c1. The summed E-state index contributed by atoms with van der Waals surface area (Å²) in [5, 5.41) is 0. The molecule has 0 bridgehead atoms. The number of aldehydes is 1. The van der Waals surface area contributed by atoms with Gasteiger partial charge in [0.05, 0.1) is 32.7 Å². The summed E-state index contributed by atoms with van der Waals surface area (Å²) in [4.78, 5) is 25.7. The third kappa shape index (κ3) is 3.36. The number of carbonyl (C=O) groups is 2. The van der Waals surface area contributed by atoms with E-state index in [0.717, 1.165) is 17.4 Å². The number of carbonyl (C=O) groups excluding carboxylic acids is 2. The molecule has 2 atom stereocenters. The zero-order valence-electron chi connectivity index (χ0n) is 14.3. The molecular weight excluding hydrogens is 318 g/mol. The van der Waals surface area contributed by atoms with E-state index in [9.17, 15) is 9.59 Å². The number of hydrogen-bond acceptors (Lipinski definition) is 4. The lowest BCUT2D eigenvalue weighted by Crippen LogP contribution is -2.61. The number of likely N-dealkylation sites (tertiary alicyclic amines) is 1. The van der Waals surface area contributed by atoms with Gasteiger partial charge in [-0.3, -0.25) is 4.79 Å². The lowest BCUT2D eigenvalue weighted by molar-refractivity contribution is -0.159. The first-order chi connectivity index (χ1) is 12.2. The van der Waals surface area contributed by atoms with E-state index >= 15 is 0 Å². The zero-order valence-corrected chi connectivity index (χ0v) is 14.3. The van der Waals surface area contributed by atoms with Crippen molar-refractivity contribution in [3.05, 3.63) is 59.7 Å². The third-order valence-electron chi connectivity index (χ3n) is 4.65. The number of methoxy groups -OCH3 is 2. The van der Waals surface area contributed by atoms with Crippen molar-refractivity contribution in [2.45, 2.75) is 19.0 Å². The highest BCUT2D eigenvalue weighted by Gasteiger charge is 2.46. The van der Waals surface area contributed by atoms with Crippen LogP contribution in [0.5, 0.6) is 11.5 Å². The fourth-order valence-electron chi connectivity index (χ4n) is 3.23. The van der Waals surface area contributed by atoms with Gasteiger partial charge >= 0.3 is 0 Å². The van der Waals surface area contributed by atoms with Crippen LogP contribution in [0.4, 0.5) is 0 Å². The van der Waals surface area contributed by atoms with Crippen molar-refractivity contribution in [3.63, 3.8) is 0 Å². The Balaban J connectivity index is 1.73. The van der Waals surface area contributed by atoms with Crippen LogP contribution in [-0.2, 0) is 22.6 Å². The molecule has 0 aliphatic carbocycles. The molecule has 1 unspecified atom stereocenters. The Bertz CT molecular complexity index is 760. The van der Waals surface area contributed by atoms with Gasteiger partial charge in [-0.25, -0.2) is 0 Å². The first kappa shape index (κ1) is 17.0. The summed E-state index contributed by atoms with van der Waals surface area (Å²) >= 11 is 0. The number of rotatable bonds is 7. The fourth-order valence-corrected chi connectivity index (χ4v) is 3.23. The van der Waals surface area contributed by atoms with Gasteiger partial charge in [-0.15, -0.1) is 0 Å². The average molecular weight is 339 g/mol.